The normalized spacial score (nSPS) is 12.2. The lowest BCUT2D eigenvalue weighted by molar-refractivity contribution is -0.191. The predicted molar refractivity (Wildman–Crippen MR) is 155 cm³/mol. The second-order valence-corrected chi connectivity index (χ2v) is 17.2. The van der Waals surface area contributed by atoms with Crippen molar-refractivity contribution in [1.82, 2.24) is 0 Å². The summed E-state index contributed by atoms with van der Waals surface area (Å²) in [6.45, 7) is 3.63. The Kier molecular flexibility index (Phi) is 15.8. The number of sulfone groups is 2. The number of hydrogen-bond acceptors (Lipinski definition) is 12. The molecule has 210 valence electrons. The summed E-state index contributed by atoms with van der Waals surface area (Å²) in [6, 6.07) is 9.86. The maximum Gasteiger partial charge on any atom is 0.373 e. The van der Waals surface area contributed by atoms with E-state index in [4.69, 9.17) is 9.59 Å². The largest absolute Gasteiger partial charge is 0.373 e. The average Bonchev–Trinajstić information content (AvgIpc) is 3.36. The molecule has 2 aromatic rings. The molecule has 14 heteroatoms. The highest BCUT2D eigenvalue weighted by Gasteiger charge is 2.23. The van der Waals surface area contributed by atoms with E-state index in [1.54, 1.807) is 52.8 Å². The maximum atomic E-state index is 12.8. The Labute approximate surface area is 240 Å². The summed E-state index contributed by atoms with van der Waals surface area (Å²) < 4.78 is 48.9. The first-order valence-corrected chi connectivity index (χ1v) is 19.3. The van der Waals surface area contributed by atoms with Crippen LogP contribution < -0.4 is 0 Å². The number of Topliss-reactive ketones (excluding diaryl/α,β-unsaturated/α-hetero) is 2. The van der Waals surface area contributed by atoms with E-state index < -0.39 is 25.6 Å². The second-order valence-electron chi connectivity index (χ2n) is 8.02. The van der Waals surface area contributed by atoms with Gasteiger partial charge in [-0.2, -0.15) is 21.4 Å². The summed E-state index contributed by atoms with van der Waals surface area (Å²) in [5, 5.41) is 0. The molecular formula is C24H30O8S6. The Morgan fingerprint density at radius 2 is 1.74 bits per heavy atom. The Morgan fingerprint density at radius 1 is 1.05 bits per heavy atom. The zero-order chi connectivity index (χ0) is 28.8. The number of ketones is 2. The topological polar surface area (TPSA) is 137 Å². The van der Waals surface area contributed by atoms with Crippen LogP contribution in [0.5, 0.6) is 0 Å². The van der Waals surface area contributed by atoms with E-state index in [1.807, 2.05) is 13.0 Å². The van der Waals surface area contributed by atoms with Gasteiger partial charge in [0.15, 0.2) is 25.5 Å². The van der Waals surface area contributed by atoms with Crippen molar-refractivity contribution < 1.29 is 36.0 Å². The van der Waals surface area contributed by atoms with Crippen LogP contribution in [-0.2, 0) is 39.8 Å². The zero-order valence-electron chi connectivity index (χ0n) is 21.2. The van der Waals surface area contributed by atoms with Gasteiger partial charge < -0.3 is 0 Å². The van der Waals surface area contributed by atoms with Gasteiger partial charge in [-0.25, -0.2) is 16.8 Å². The Balaban J connectivity index is 0.00000229. The van der Waals surface area contributed by atoms with Gasteiger partial charge in [-0.15, -0.1) is 11.3 Å². The number of carbonyl (C=O) groups is 2. The molecule has 0 spiro atoms. The SMILES string of the molecule is CCSCC(=O)[C@H](C)CS(=O)(=O)c1cccc(CSSCCCC(=O)c2ccc(S(C)(=O)=O)s2)c1.O=C=O. The second kappa shape index (κ2) is 17.3. The molecule has 0 radical (unpaired) electrons. The van der Waals surface area contributed by atoms with Gasteiger partial charge in [0.25, 0.3) is 0 Å². The number of thioether (sulfide) groups is 1. The molecule has 0 fully saturated rings. The van der Waals surface area contributed by atoms with E-state index >= 15 is 0 Å². The van der Waals surface area contributed by atoms with Crippen LogP contribution in [0.4, 0.5) is 0 Å². The highest BCUT2D eigenvalue weighted by atomic mass is 33.1. The standard InChI is InChI=1S/C23H30O6S6.CO2/c1-4-30-15-21(25)17(2)16-35(28,29)19-8-5-7-18(13-19)14-32-31-12-6-9-20(24)22-10-11-23(33-22)34(3,26)27;2-1-3/h5,7-8,10-11,13,17H,4,6,9,12,14-16H2,1-3H3;/t17-;/m1./s1. The monoisotopic (exact) mass is 638 g/mol. The molecule has 0 N–H and O–H groups in total. The van der Waals surface area contributed by atoms with Gasteiger partial charge in [0.2, 0.25) is 0 Å². The average molecular weight is 639 g/mol. The van der Waals surface area contributed by atoms with Gasteiger partial charge in [0.05, 0.1) is 21.3 Å². The lowest BCUT2D eigenvalue weighted by Gasteiger charge is -2.12. The molecule has 1 atom stereocenters. The van der Waals surface area contributed by atoms with E-state index in [1.165, 1.54) is 17.8 Å². The van der Waals surface area contributed by atoms with Crippen molar-refractivity contribution in [3.05, 3.63) is 46.8 Å². The molecule has 0 unspecified atom stereocenters. The Morgan fingerprint density at radius 3 is 2.34 bits per heavy atom. The fourth-order valence-electron chi connectivity index (χ4n) is 2.94. The molecule has 0 amide bonds. The van der Waals surface area contributed by atoms with Gasteiger partial charge in [0, 0.05) is 30.1 Å². The van der Waals surface area contributed by atoms with Gasteiger partial charge >= 0.3 is 6.15 Å². The van der Waals surface area contributed by atoms with E-state index in [-0.39, 0.29) is 32.6 Å². The molecular weight excluding hydrogens is 609 g/mol. The number of carbonyl (C=O) groups excluding carboxylic acids is 4. The van der Waals surface area contributed by atoms with Crippen molar-refractivity contribution in [2.75, 3.05) is 29.3 Å². The fraction of sp³-hybridized carbons (Fsp3) is 0.458. The predicted octanol–water partition coefficient (Wildman–Crippen LogP) is 4.84. The summed E-state index contributed by atoms with van der Waals surface area (Å²) in [5.74, 6) is 1.68. The van der Waals surface area contributed by atoms with Crippen molar-refractivity contribution in [2.45, 2.75) is 41.5 Å². The van der Waals surface area contributed by atoms with Crippen molar-refractivity contribution in [3.8, 4) is 0 Å². The lowest BCUT2D eigenvalue weighted by Crippen LogP contribution is -2.23. The van der Waals surface area contributed by atoms with Gasteiger partial charge in [-0.1, -0.05) is 47.6 Å². The first-order chi connectivity index (χ1) is 17.8. The van der Waals surface area contributed by atoms with Crippen LogP contribution in [0, 0.1) is 5.92 Å². The zero-order valence-corrected chi connectivity index (χ0v) is 26.1. The van der Waals surface area contributed by atoms with Crippen LogP contribution in [0.2, 0.25) is 0 Å². The van der Waals surface area contributed by atoms with E-state index in [0.717, 1.165) is 34.7 Å². The van der Waals surface area contributed by atoms with E-state index in [2.05, 4.69) is 0 Å². The summed E-state index contributed by atoms with van der Waals surface area (Å²) in [6.07, 6.45) is 2.39. The van der Waals surface area contributed by atoms with Gasteiger partial charge in [-0.05, 0) is 42.0 Å². The molecule has 0 saturated carbocycles. The van der Waals surface area contributed by atoms with Crippen LogP contribution in [0.1, 0.15) is 41.9 Å². The van der Waals surface area contributed by atoms with Gasteiger partial charge in [-0.3, -0.25) is 9.59 Å². The minimum Gasteiger partial charge on any atom is -0.298 e. The summed E-state index contributed by atoms with van der Waals surface area (Å²) in [7, 11) is -3.66. The third-order valence-electron chi connectivity index (χ3n) is 4.89. The number of rotatable bonds is 16. The van der Waals surface area contributed by atoms with Crippen molar-refractivity contribution in [2.24, 2.45) is 5.92 Å². The number of thiophene rings is 1. The summed E-state index contributed by atoms with van der Waals surface area (Å²) >= 11 is 2.50. The first-order valence-electron chi connectivity index (χ1n) is 11.3. The van der Waals surface area contributed by atoms with Gasteiger partial charge in [0.1, 0.15) is 9.99 Å². The smallest absolute Gasteiger partial charge is 0.298 e. The molecule has 2 rings (SSSR count). The minimum atomic E-state index is -3.56. The first kappa shape index (κ1) is 34.6. The molecule has 0 bridgehead atoms. The molecule has 1 aromatic carbocycles. The van der Waals surface area contributed by atoms with Crippen LogP contribution in [0.3, 0.4) is 0 Å². The van der Waals surface area contributed by atoms with Crippen LogP contribution in [-0.4, -0.2) is 63.8 Å². The highest BCUT2D eigenvalue weighted by molar-refractivity contribution is 8.76. The van der Waals surface area contributed by atoms with E-state index in [9.17, 15) is 26.4 Å². The number of hydrogen-bond donors (Lipinski definition) is 0. The Hall–Kier alpha value is -1.41. The molecule has 0 saturated heterocycles. The van der Waals surface area contributed by atoms with Crippen molar-refractivity contribution in [1.29, 1.82) is 0 Å². The molecule has 8 nitrogen and oxygen atoms in total. The highest BCUT2D eigenvalue weighted by Crippen LogP contribution is 2.29. The molecule has 0 aliphatic heterocycles. The molecule has 1 aromatic heterocycles. The molecule has 38 heavy (non-hydrogen) atoms. The quantitative estimate of drug-likeness (QED) is 0.142. The third kappa shape index (κ3) is 12.6. The third-order valence-corrected chi connectivity index (χ3v) is 13.1. The molecule has 1 heterocycles. The number of benzene rings is 1. The Bertz CT molecular complexity index is 1310. The van der Waals surface area contributed by atoms with Crippen molar-refractivity contribution >= 4 is 82.1 Å². The van der Waals surface area contributed by atoms with Crippen LogP contribution in [0.15, 0.2) is 45.5 Å². The molecule has 0 aliphatic carbocycles. The summed E-state index contributed by atoms with van der Waals surface area (Å²) in [5.41, 5.74) is 0.882. The minimum absolute atomic E-state index is 0.0445. The maximum absolute atomic E-state index is 12.8. The lowest BCUT2D eigenvalue weighted by atomic mass is 10.1. The van der Waals surface area contributed by atoms with Crippen molar-refractivity contribution in [3.63, 3.8) is 0 Å². The van der Waals surface area contributed by atoms with Crippen LogP contribution in [0.25, 0.3) is 0 Å². The van der Waals surface area contributed by atoms with E-state index in [0.29, 0.717) is 29.2 Å². The molecule has 0 aliphatic rings. The summed E-state index contributed by atoms with van der Waals surface area (Å²) in [4.78, 5) is 41.3. The fourth-order valence-corrected chi connectivity index (χ4v) is 9.33. The van der Waals surface area contributed by atoms with Crippen LogP contribution >= 0.6 is 44.7 Å².